The van der Waals surface area contributed by atoms with Crippen LogP contribution in [0.3, 0.4) is 0 Å². The summed E-state index contributed by atoms with van der Waals surface area (Å²) in [5, 5.41) is 10.0. The van der Waals surface area contributed by atoms with Crippen molar-refractivity contribution in [1.29, 1.82) is 0 Å². The summed E-state index contributed by atoms with van der Waals surface area (Å²) in [4.78, 5) is 13.7. The summed E-state index contributed by atoms with van der Waals surface area (Å²) in [5.74, 6) is -0.947. The number of phenols is 1. The van der Waals surface area contributed by atoms with Crippen LogP contribution in [0, 0.1) is 0 Å². The first kappa shape index (κ1) is 16.0. The van der Waals surface area contributed by atoms with E-state index in [-0.39, 0.29) is 16.9 Å². The normalized spacial score (nSPS) is 11.2. The third-order valence-electron chi connectivity index (χ3n) is 3.15. The molecule has 0 atom stereocenters. The minimum absolute atomic E-state index is 0.0401. The molecule has 2 N–H and O–H groups in total. The lowest BCUT2D eigenvalue weighted by Gasteiger charge is -2.14. The van der Waals surface area contributed by atoms with Crippen molar-refractivity contribution in [3.8, 4) is 5.75 Å². The van der Waals surface area contributed by atoms with Crippen LogP contribution in [0.5, 0.6) is 5.75 Å². The molecule has 0 aliphatic rings. The van der Waals surface area contributed by atoms with Gasteiger partial charge in [0.15, 0.2) is 5.78 Å². The zero-order chi connectivity index (χ0) is 16.5. The van der Waals surface area contributed by atoms with Gasteiger partial charge in [-0.2, -0.15) is 8.42 Å². The lowest BCUT2D eigenvalue weighted by Crippen LogP contribution is -2.11. The van der Waals surface area contributed by atoms with Crippen LogP contribution in [0.4, 0.5) is 5.69 Å². The summed E-state index contributed by atoms with van der Waals surface area (Å²) in [5.41, 5.74) is 0.455. The SMILES string of the molecule is CN(C)c1ccc(C(=O)c2ccccc2S(=O)(=O)O)c(O)c1. The predicted molar refractivity (Wildman–Crippen MR) is 82.1 cm³/mol. The van der Waals surface area contributed by atoms with Gasteiger partial charge in [0.25, 0.3) is 10.1 Å². The Morgan fingerprint density at radius 2 is 1.68 bits per heavy atom. The molecule has 0 bridgehead atoms. The van der Waals surface area contributed by atoms with Gasteiger partial charge in [0.2, 0.25) is 0 Å². The second-order valence-electron chi connectivity index (χ2n) is 4.90. The van der Waals surface area contributed by atoms with Crippen LogP contribution in [-0.2, 0) is 10.1 Å². The van der Waals surface area contributed by atoms with Crippen LogP contribution in [0.1, 0.15) is 15.9 Å². The Labute approximate surface area is 128 Å². The largest absolute Gasteiger partial charge is 0.507 e. The predicted octanol–water partition coefficient (Wildman–Crippen LogP) is 1.94. The molecule has 0 heterocycles. The van der Waals surface area contributed by atoms with Crippen LogP contribution in [-0.4, -0.2) is 38.0 Å². The Kier molecular flexibility index (Phi) is 4.20. The molecule has 0 aliphatic carbocycles. The molecule has 0 saturated carbocycles. The molecule has 0 amide bonds. The lowest BCUT2D eigenvalue weighted by molar-refractivity contribution is 0.103. The van der Waals surface area contributed by atoms with E-state index in [1.165, 1.54) is 30.3 Å². The number of nitrogens with zero attached hydrogens (tertiary/aromatic N) is 1. The van der Waals surface area contributed by atoms with Gasteiger partial charge < -0.3 is 10.0 Å². The maximum absolute atomic E-state index is 12.5. The second-order valence-corrected chi connectivity index (χ2v) is 6.29. The van der Waals surface area contributed by atoms with Crippen LogP contribution < -0.4 is 4.90 Å². The van der Waals surface area contributed by atoms with E-state index in [1.807, 2.05) is 0 Å². The number of benzene rings is 2. The van der Waals surface area contributed by atoms with E-state index < -0.39 is 20.8 Å². The number of hydrogen-bond donors (Lipinski definition) is 2. The first-order chi connectivity index (χ1) is 10.2. The van der Waals surface area contributed by atoms with Crippen LogP contribution in [0.15, 0.2) is 47.4 Å². The minimum Gasteiger partial charge on any atom is -0.507 e. The van der Waals surface area contributed by atoms with E-state index >= 15 is 0 Å². The summed E-state index contributed by atoms with van der Waals surface area (Å²) in [6.07, 6.45) is 0. The molecule has 6 nitrogen and oxygen atoms in total. The smallest absolute Gasteiger partial charge is 0.295 e. The lowest BCUT2D eigenvalue weighted by atomic mass is 10.0. The molecule has 0 radical (unpaired) electrons. The van der Waals surface area contributed by atoms with E-state index in [4.69, 9.17) is 0 Å². The van der Waals surface area contributed by atoms with Crippen LogP contribution in [0.2, 0.25) is 0 Å². The summed E-state index contributed by atoms with van der Waals surface area (Å²) >= 11 is 0. The zero-order valence-corrected chi connectivity index (χ0v) is 12.8. The highest BCUT2D eigenvalue weighted by Crippen LogP contribution is 2.27. The van der Waals surface area contributed by atoms with Crippen LogP contribution >= 0.6 is 0 Å². The number of ketones is 1. The fourth-order valence-corrected chi connectivity index (χ4v) is 2.70. The maximum atomic E-state index is 12.5. The van der Waals surface area contributed by atoms with Gasteiger partial charge in [-0.05, 0) is 24.3 Å². The molecule has 2 aromatic rings. The fraction of sp³-hybridized carbons (Fsp3) is 0.133. The fourth-order valence-electron chi connectivity index (χ4n) is 2.01. The number of carbonyl (C=O) groups is 1. The van der Waals surface area contributed by atoms with Crippen LogP contribution in [0.25, 0.3) is 0 Å². The van der Waals surface area contributed by atoms with Gasteiger partial charge in [0.05, 0.1) is 5.56 Å². The summed E-state index contributed by atoms with van der Waals surface area (Å²) < 4.78 is 31.9. The third-order valence-corrected chi connectivity index (χ3v) is 4.06. The summed E-state index contributed by atoms with van der Waals surface area (Å²) in [6, 6.07) is 9.74. The van der Waals surface area contributed by atoms with Crippen molar-refractivity contribution < 1.29 is 22.9 Å². The summed E-state index contributed by atoms with van der Waals surface area (Å²) in [6.45, 7) is 0. The topological polar surface area (TPSA) is 94.9 Å². The molecule has 0 unspecified atom stereocenters. The van der Waals surface area contributed by atoms with E-state index in [9.17, 15) is 22.9 Å². The molecule has 0 aromatic heterocycles. The van der Waals surface area contributed by atoms with Gasteiger partial charge >= 0.3 is 0 Å². The van der Waals surface area contributed by atoms with Gasteiger partial charge in [-0.3, -0.25) is 9.35 Å². The third kappa shape index (κ3) is 3.10. The number of anilines is 1. The number of hydrogen-bond acceptors (Lipinski definition) is 5. The monoisotopic (exact) mass is 321 g/mol. The molecule has 2 aromatic carbocycles. The molecule has 116 valence electrons. The first-order valence-corrected chi connectivity index (χ1v) is 7.77. The van der Waals surface area contributed by atoms with E-state index in [0.717, 1.165) is 6.07 Å². The molecule has 0 saturated heterocycles. The number of phenolic OH excluding ortho intramolecular Hbond substituents is 1. The van der Waals surface area contributed by atoms with Gasteiger partial charge in [-0.1, -0.05) is 12.1 Å². The number of carbonyl (C=O) groups excluding carboxylic acids is 1. The highest BCUT2D eigenvalue weighted by atomic mass is 32.2. The Morgan fingerprint density at radius 3 is 2.23 bits per heavy atom. The quantitative estimate of drug-likeness (QED) is 0.660. The van der Waals surface area contributed by atoms with Gasteiger partial charge in [-0.15, -0.1) is 0 Å². The van der Waals surface area contributed by atoms with Crippen molar-refractivity contribution in [2.45, 2.75) is 4.90 Å². The average molecular weight is 321 g/mol. The van der Waals surface area contributed by atoms with Crippen molar-refractivity contribution in [1.82, 2.24) is 0 Å². The number of aromatic hydroxyl groups is 1. The van der Waals surface area contributed by atoms with Crippen molar-refractivity contribution in [3.63, 3.8) is 0 Å². The molecule has 22 heavy (non-hydrogen) atoms. The van der Waals surface area contributed by atoms with Crippen molar-refractivity contribution in [3.05, 3.63) is 53.6 Å². The summed E-state index contributed by atoms with van der Waals surface area (Å²) in [7, 11) is -0.968. The molecule has 0 aliphatic heterocycles. The maximum Gasteiger partial charge on any atom is 0.295 e. The standard InChI is InChI=1S/C15H15NO5S/c1-16(2)10-7-8-11(13(17)9-10)15(18)12-5-3-4-6-14(12)22(19,20)21/h3-9,17H,1-2H3,(H,19,20,21). The molecule has 0 fully saturated rings. The first-order valence-electron chi connectivity index (χ1n) is 6.33. The molecular formula is C15H15NO5S. The highest BCUT2D eigenvalue weighted by molar-refractivity contribution is 7.86. The zero-order valence-electron chi connectivity index (χ0n) is 12.0. The van der Waals surface area contributed by atoms with Gasteiger partial charge in [0.1, 0.15) is 10.6 Å². The van der Waals surface area contributed by atoms with Crippen molar-refractivity contribution in [2.24, 2.45) is 0 Å². The number of rotatable bonds is 4. The Hall–Kier alpha value is -2.38. The Bertz CT molecular complexity index is 828. The van der Waals surface area contributed by atoms with E-state index in [2.05, 4.69) is 0 Å². The molecule has 0 spiro atoms. The Balaban J connectivity index is 2.55. The Morgan fingerprint density at radius 1 is 1.05 bits per heavy atom. The second kappa shape index (κ2) is 5.78. The van der Waals surface area contributed by atoms with E-state index in [1.54, 1.807) is 25.1 Å². The van der Waals surface area contributed by atoms with Crippen molar-refractivity contribution >= 4 is 21.6 Å². The highest BCUT2D eigenvalue weighted by Gasteiger charge is 2.22. The molecule has 2 rings (SSSR count). The van der Waals surface area contributed by atoms with E-state index in [0.29, 0.717) is 5.69 Å². The molecule has 7 heteroatoms. The molecular weight excluding hydrogens is 306 g/mol. The van der Waals surface area contributed by atoms with Gasteiger partial charge in [-0.25, -0.2) is 0 Å². The minimum atomic E-state index is -4.53. The van der Waals surface area contributed by atoms with Gasteiger partial charge in [0, 0.05) is 31.4 Å². The van der Waals surface area contributed by atoms with Crippen molar-refractivity contribution in [2.75, 3.05) is 19.0 Å². The average Bonchev–Trinajstić information content (AvgIpc) is 2.45.